The predicted octanol–water partition coefficient (Wildman–Crippen LogP) is 0.840. The van der Waals surface area contributed by atoms with Crippen LogP contribution in [0.3, 0.4) is 0 Å². The first-order valence-electron chi connectivity index (χ1n) is 7.91. The zero-order valence-corrected chi connectivity index (χ0v) is 20.1. The normalized spacial score (nSPS) is 15.7. The molecule has 3 aliphatic carbocycles. The summed E-state index contributed by atoms with van der Waals surface area (Å²) in [6.07, 6.45) is 0.669. The van der Waals surface area contributed by atoms with Crippen LogP contribution in [0.5, 0.6) is 0 Å². The van der Waals surface area contributed by atoms with Gasteiger partial charge in [0.15, 0.2) is 0 Å². The topological polar surface area (TPSA) is 0 Å². The number of hydrogen-bond donors (Lipinski definition) is 0. The number of hydrogen-bond acceptors (Lipinski definition) is 0. The Morgan fingerprint density at radius 1 is 0.424 bits per heavy atom. The molecule has 0 fully saturated rings. The first-order chi connectivity index (χ1) is 13.8. The second-order valence-corrected chi connectivity index (χ2v) is 5.36. The second-order valence-electron chi connectivity index (χ2n) is 5.36. The molecule has 180 valence electrons. The minimum absolute atomic E-state index is 0. The van der Waals surface area contributed by atoms with Gasteiger partial charge >= 0.3 is 18.5 Å². The van der Waals surface area contributed by atoms with Crippen LogP contribution < -0.4 is 24.8 Å². The van der Waals surface area contributed by atoms with Gasteiger partial charge in [-0.05, 0) is 54.7 Å². The van der Waals surface area contributed by atoms with Crippen LogP contribution in [-0.4, -0.2) is 43.0 Å². The monoisotopic (exact) mass is 626 g/mol. The zero-order chi connectivity index (χ0) is 22.8. The van der Waals surface area contributed by atoms with Gasteiger partial charge in [-0.1, -0.05) is 0 Å². The molecule has 0 aromatic heterocycles. The first kappa shape index (κ1) is 36.1. The van der Waals surface area contributed by atoms with Crippen molar-refractivity contribution in [3.63, 3.8) is 0 Å². The fourth-order valence-electron chi connectivity index (χ4n) is 1.73. The number of halogens is 11. The van der Waals surface area contributed by atoms with Gasteiger partial charge in [0, 0.05) is 60.4 Å². The second kappa shape index (κ2) is 16.2. The van der Waals surface area contributed by atoms with Gasteiger partial charge in [-0.3, -0.25) is 0 Å². The molecular formula is C21H12Cl2F9Sb-2. The van der Waals surface area contributed by atoms with Crippen molar-refractivity contribution in [3.05, 3.63) is 108 Å². The van der Waals surface area contributed by atoms with Crippen LogP contribution in [0.25, 0.3) is 0 Å². The first-order valence-corrected chi connectivity index (χ1v) is 7.91. The molecule has 0 saturated heterocycles. The summed E-state index contributed by atoms with van der Waals surface area (Å²) in [5.41, 5.74) is 5.62. The summed E-state index contributed by atoms with van der Waals surface area (Å²) >= 11 is 0. The van der Waals surface area contributed by atoms with E-state index >= 15 is 0 Å². The third-order valence-electron chi connectivity index (χ3n) is 3.14. The van der Waals surface area contributed by atoms with Crippen LogP contribution in [0.15, 0.2) is 88.6 Å². The fourth-order valence-corrected chi connectivity index (χ4v) is 1.73. The Bertz CT molecular complexity index is 777. The molecular weight excluding hydrogens is 616 g/mol. The van der Waals surface area contributed by atoms with E-state index in [-0.39, 0.29) is 49.2 Å². The maximum atomic E-state index is 11.8. The summed E-state index contributed by atoms with van der Waals surface area (Å²) in [4.78, 5) is 0. The van der Waals surface area contributed by atoms with Crippen molar-refractivity contribution in [1.82, 2.24) is 0 Å². The Hall–Kier alpha value is -1.45. The van der Waals surface area contributed by atoms with Gasteiger partial charge in [0.2, 0.25) is 0 Å². The van der Waals surface area contributed by atoms with Gasteiger partial charge in [0.25, 0.3) is 0 Å². The van der Waals surface area contributed by atoms with E-state index < -0.39 is 35.2 Å². The largest absolute Gasteiger partial charge is 1.00 e. The van der Waals surface area contributed by atoms with Gasteiger partial charge in [-0.15, -0.1) is 17.2 Å². The van der Waals surface area contributed by atoms with E-state index in [9.17, 15) is 39.5 Å². The standard InChI is InChI=1S/3C7H4F3.2ClH.Sb/c3*8-7(9,10)6-4-2-1-3-5-6;;;/h3*2-5H;2*1H;/p-2. The molecule has 0 bridgehead atoms. The Balaban J connectivity index is -0.000000391. The Morgan fingerprint density at radius 2 is 0.636 bits per heavy atom. The van der Waals surface area contributed by atoms with Crippen LogP contribution in [0.4, 0.5) is 39.5 Å². The molecule has 0 atom stereocenters. The third-order valence-corrected chi connectivity index (χ3v) is 3.14. The zero-order valence-electron chi connectivity index (χ0n) is 16.0. The average Bonchev–Trinajstić information content (AvgIpc) is 2.69. The third kappa shape index (κ3) is 15.1. The van der Waals surface area contributed by atoms with Crippen molar-refractivity contribution in [2.45, 2.75) is 18.5 Å². The molecule has 0 unspecified atom stereocenters. The van der Waals surface area contributed by atoms with Crippen molar-refractivity contribution in [2.24, 2.45) is 0 Å². The van der Waals surface area contributed by atoms with Crippen LogP contribution in [0, 0.1) is 19.3 Å². The maximum Gasteiger partial charge on any atom is 0.413 e. The van der Waals surface area contributed by atoms with Gasteiger partial charge in [0.05, 0.1) is 0 Å². The summed E-state index contributed by atoms with van der Waals surface area (Å²) in [5.74, 6) is 0. The van der Waals surface area contributed by atoms with Gasteiger partial charge in [-0.25, -0.2) is 0 Å². The Labute approximate surface area is 214 Å². The van der Waals surface area contributed by atoms with Crippen molar-refractivity contribution in [3.8, 4) is 0 Å². The summed E-state index contributed by atoms with van der Waals surface area (Å²) < 4.78 is 106. The Kier molecular flexibility index (Phi) is 17.8. The van der Waals surface area contributed by atoms with E-state index in [0.29, 0.717) is 0 Å². The SMILES string of the molecule is FC(F)(F)C1=CC=C=C[CH]1.FC(F)(F)C1=CC=C=C[CH]1.FC(F)(F)C1=CC=C=C[CH]1.[Cl-].[Cl-].[Sb]. The number of rotatable bonds is 0. The van der Waals surface area contributed by atoms with E-state index in [2.05, 4.69) is 17.2 Å². The molecule has 0 N–H and O–H groups in total. The molecule has 3 aliphatic rings. The minimum Gasteiger partial charge on any atom is -1.00 e. The van der Waals surface area contributed by atoms with E-state index in [1.54, 1.807) is 0 Å². The Morgan fingerprint density at radius 3 is 0.727 bits per heavy atom. The smallest absolute Gasteiger partial charge is 0.413 e. The molecule has 0 aromatic rings. The minimum atomic E-state index is -4.23. The number of allylic oxidation sites excluding steroid dienone is 9. The molecule has 33 heavy (non-hydrogen) atoms. The van der Waals surface area contributed by atoms with Crippen LogP contribution in [0.1, 0.15) is 0 Å². The fraction of sp³-hybridized carbons (Fsp3) is 0.143. The van der Waals surface area contributed by atoms with Crippen LogP contribution in [0.2, 0.25) is 0 Å². The molecule has 0 heterocycles. The summed E-state index contributed by atoms with van der Waals surface area (Å²) in [6, 6.07) is 0. The van der Waals surface area contributed by atoms with Gasteiger partial charge < -0.3 is 24.8 Å². The number of alkyl halides is 9. The summed E-state index contributed by atoms with van der Waals surface area (Å²) in [7, 11) is 0. The maximum absolute atomic E-state index is 11.8. The molecule has 0 saturated carbocycles. The van der Waals surface area contributed by atoms with Crippen molar-refractivity contribution in [2.75, 3.05) is 0 Å². The summed E-state index contributed by atoms with van der Waals surface area (Å²) in [6.45, 7) is 0. The van der Waals surface area contributed by atoms with E-state index in [1.165, 1.54) is 36.5 Å². The summed E-state index contributed by atoms with van der Waals surface area (Å²) in [5, 5.41) is 0. The van der Waals surface area contributed by atoms with Crippen molar-refractivity contribution < 1.29 is 64.3 Å². The predicted molar refractivity (Wildman–Crippen MR) is 99.0 cm³/mol. The molecule has 0 amide bonds. The van der Waals surface area contributed by atoms with E-state index in [1.807, 2.05) is 0 Å². The van der Waals surface area contributed by atoms with Crippen LogP contribution >= 0.6 is 0 Å². The van der Waals surface area contributed by atoms with Gasteiger partial charge in [-0.2, -0.15) is 39.5 Å². The quantitative estimate of drug-likeness (QED) is 0.212. The molecule has 12 heteroatoms. The van der Waals surface area contributed by atoms with Crippen molar-refractivity contribution in [1.29, 1.82) is 0 Å². The van der Waals surface area contributed by atoms with Crippen molar-refractivity contribution >= 4 is 24.4 Å². The molecule has 0 spiro atoms. The van der Waals surface area contributed by atoms with Gasteiger partial charge in [0.1, 0.15) is 0 Å². The average molecular weight is 628 g/mol. The molecule has 0 aliphatic heterocycles. The van der Waals surface area contributed by atoms with E-state index in [4.69, 9.17) is 0 Å². The molecule has 3 rings (SSSR count). The molecule has 0 aromatic carbocycles. The van der Waals surface area contributed by atoms with E-state index in [0.717, 1.165) is 37.5 Å². The molecule has 6 radical (unpaired) electrons. The molecule has 0 nitrogen and oxygen atoms in total. The van der Waals surface area contributed by atoms with Crippen LogP contribution in [-0.2, 0) is 0 Å².